The van der Waals surface area contributed by atoms with Crippen LogP contribution in [0.3, 0.4) is 0 Å². The van der Waals surface area contributed by atoms with Gasteiger partial charge in [0.2, 0.25) is 0 Å². The van der Waals surface area contributed by atoms with Crippen molar-refractivity contribution in [2.75, 3.05) is 0 Å². The van der Waals surface area contributed by atoms with Gasteiger partial charge in [0.15, 0.2) is 5.76 Å². The van der Waals surface area contributed by atoms with Crippen molar-refractivity contribution in [2.24, 2.45) is 0 Å². The van der Waals surface area contributed by atoms with E-state index in [1.165, 1.54) is 4.52 Å². The number of hydrogen-bond acceptors (Lipinski definition) is 3. The summed E-state index contributed by atoms with van der Waals surface area (Å²) in [4.78, 5) is 14.0. The lowest BCUT2D eigenvalue weighted by Gasteiger charge is -1.88. The smallest absolute Gasteiger partial charge is 0.273 e. The van der Waals surface area contributed by atoms with Gasteiger partial charge in [-0.2, -0.15) is 5.10 Å². The van der Waals surface area contributed by atoms with E-state index in [9.17, 15) is 4.79 Å². The number of nitrogens with one attached hydrogen (secondary N) is 1. The lowest BCUT2D eigenvalue weighted by Crippen LogP contribution is -2.07. The van der Waals surface area contributed by atoms with Crippen molar-refractivity contribution >= 4 is 5.52 Å². The first-order chi connectivity index (χ1) is 7.34. The minimum absolute atomic E-state index is 0.164. The van der Waals surface area contributed by atoms with Gasteiger partial charge in [0.05, 0.1) is 6.26 Å². The SMILES string of the molecule is O=c1[nH]ccn2nc(-c3ccco3)cc12. The molecule has 3 aromatic heterocycles. The summed E-state index contributed by atoms with van der Waals surface area (Å²) in [5.41, 5.74) is 0.989. The van der Waals surface area contributed by atoms with E-state index in [1.807, 2.05) is 0 Å². The molecule has 0 saturated carbocycles. The van der Waals surface area contributed by atoms with E-state index in [0.29, 0.717) is 17.0 Å². The highest BCUT2D eigenvalue weighted by Crippen LogP contribution is 2.18. The minimum Gasteiger partial charge on any atom is -0.463 e. The molecule has 0 amide bonds. The first kappa shape index (κ1) is 8.05. The second kappa shape index (κ2) is 2.84. The standard InChI is InChI=1S/C10H7N3O2/c14-10-8-6-7(9-2-1-5-15-9)12-13(8)4-3-11-10/h1-6H,(H,11,14). The fourth-order valence-corrected chi connectivity index (χ4v) is 1.48. The van der Waals surface area contributed by atoms with E-state index >= 15 is 0 Å². The molecule has 0 aliphatic carbocycles. The second-order valence-electron chi connectivity index (χ2n) is 3.13. The van der Waals surface area contributed by atoms with Crippen LogP contribution >= 0.6 is 0 Å². The predicted molar refractivity (Wildman–Crippen MR) is 53.5 cm³/mol. The summed E-state index contributed by atoms with van der Waals surface area (Å²) in [5, 5.41) is 4.22. The van der Waals surface area contributed by atoms with Crippen molar-refractivity contribution in [3.05, 3.63) is 47.2 Å². The Bertz CT molecular complexity index is 649. The minimum atomic E-state index is -0.164. The number of aromatic nitrogens is 3. The molecule has 5 nitrogen and oxygen atoms in total. The monoisotopic (exact) mass is 201 g/mol. The van der Waals surface area contributed by atoms with Crippen molar-refractivity contribution in [2.45, 2.75) is 0 Å². The molecule has 3 aromatic rings. The van der Waals surface area contributed by atoms with Crippen LogP contribution in [0.5, 0.6) is 0 Å². The van der Waals surface area contributed by atoms with Crippen LogP contribution in [0.25, 0.3) is 17.0 Å². The number of furan rings is 1. The maximum Gasteiger partial charge on any atom is 0.273 e. The molecule has 3 rings (SSSR count). The summed E-state index contributed by atoms with van der Waals surface area (Å²) < 4.78 is 6.73. The van der Waals surface area contributed by atoms with Crippen molar-refractivity contribution < 1.29 is 4.42 Å². The number of hydrogen-bond donors (Lipinski definition) is 1. The van der Waals surface area contributed by atoms with Gasteiger partial charge in [0.25, 0.3) is 5.56 Å². The molecule has 0 aliphatic heterocycles. The van der Waals surface area contributed by atoms with E-state index < -0.39 is 0 Å². The van der Waals surface area contributed by atoms with Crippen molar-refractivity contribution in [3.8, 4) is 11.5 Å². The maximum absolute atomic E-state index is 11.4. The van der Waals surface area contributed by atoms with Gasteiger partial charge in [0, 0.05) is 18.5 Å². The number of rotatable bonds is 1. The zero-order chi connectivity index (χ0) is 10.3. The highest BCUT2D eigenvalue weighted by Gasteiger charge is 2.07. The van der Waals surface area contributed by atoms with Crippen LogP contribution in [0.4, 0.5) is 0 Å². The zero-order valence-electron chi connectivity index (χ0n) is 7.68. The largest absolute Gasteiger partial charge is 0.463 e. The zero-order valence-corrected chi connectivity index (χ0v) is 7.68. The average Bonchev–Trinajstić information content (AvgIpc) is 2.86. The molecular formula is C10H7N3O2. The van der Waals surface area contributed by atoms with Crippen LogP contribution in [-0.2, 0) is 0 Å². The molecule has 0 unspecified atom stereocenters. The van der Waals surface area contributed by atoms with Gasteiger partial charge in [-0.15, -0.1) is 0 Å². The first-order valence-electron chi connectivity index (χ1n) is 4.45. The third-order valence-electron chi connectivity index (χ3n) is 2.17. The van der Waals surface area contributed by atoms with Crippen molar-refractivity contribution in [1.29, 1.82) is 0 Å². The van der Waals surface area contributed by atoms with Gasteiger partial charge >= 0.3 is 0 Å². The summed E-state index contributed by atoms with van der Waals surface area (Å²) in [6.45, 7) is 0. The lowest BCUT2D eigenvalue weighted by atomic mass is 10.3. The van der Waals surface area contributed by atoms with E-state index in [1.54, 1.807) is 36.9 Å². The van der Waals surface area contributed by atoms with Gasteiger partial charge in [-0.3, -0.25) is 4.79 Å². The summed E-state index contributed by atoms with van der Waals surface area (Å²) in [6.07, 6.45) is 4.81. The molecule has 0 radical (unpaired) electrons. The van der Waals surface area contributed by atoms with Crippen molar-refractivity contribution in [3.63, 3.8) is 0 Å². The Labute approximate surface area is 84.0 Å². The molecular weight excluding hydrogens is 194 g/mol. The summed E-state index contributed by atoms with van der Waals surface area (Å²) in [7, 11) is 0. The van der Waals surface area contributed by atoms with Crippen LogP contribution in [0, 0.1) is 0 Å². The van der Waals surface area contributed by atoms with Crippen LogP contribution < -0.4 is 5.56 Å². The quantitative estimate of drug-likeness (QED) is 0.645. The average molecular weight is 201 g/mol. The Balaban J connectivity index is 2.32. The third-order valence-corrected chi connectivity index (χ3v) is 2.17. The normalized spacial score (nSPS) is 10.9. The number of aromatic amines is 1. The van der Waals surface area contributed by atoms with Crippen LogP contribution in [-0.4, -0.2) is 14.6 Å². The molecule has 0 bridgehead atoms. The number of fused-ring (bicyclic) bond motifs is 1. The van der Waals surface area contributed by atoms with Crippen LogP contribution in [0.1, 0.15) is 0 Å². The van der Waals surface area contributed by atoms with E-state index in [2.05, 4.69) is 10.1 Å². The third kappa shape index (κ3) is 1.17. The Kier molecular flexibility index (Phi) is 1.53. The van der Waals surface area contributed by atoms with Gasteiger partial charge < -0.3 is 9.40 Å². The molecule has 0 aliphatic rings. The molecule has 0 atom stereocenters. The topological polar surface area (TPSA) is 63.3 Å². The maximum atomic E-state index is 11.4. The Morgan fingerprint density at radius 3 is 3.13 bits per heavy atom. The van der Waals surface area contributed by atoms with Gasteiger partial charge in [-0.25, -0.2) is 4.52 Å². The fourth-order valence-electron chi connectivity index (χ4n) is 1.48. The molecule has 1 N–H and O–H groups in total. The molecule has 0 spiro atoms. The highest BCUT2D eigenvalue weighted by molar-refractivity contribution is 5.60. The lowest BCUT2D eigenvalue weighted by molar-refractivity contribution is 0.579. The predicted octanol–water partition coefficient (Wildman–Crippen LogP) is 1.28. The second-order valence-corrected chi connectivity index (χ2v) is 3.13. The summed E-state index contributed by atoms with van der Waals surface area (Å²) in [6, 6.07) is 5.28. The Morgan fingerprint density at radius 2 is 2.40 bits per heavy atom. The Morgan fingerprint density at radius 1 is 1.47 bits per heavy atom. The molecule has 74 valence electrons. The summed E-state index contributed by atoms with van der Waals surface area (Å²) in [5.74, 6) is 0.651. The van der Waals surface area contributed by atoms with Gasteiger partial charge in [-0.05, 0) is 12.1 Å². The van der Waals surface area contributed by atoms with Gasteiger partial charge in [-0.1, -0.05) is 0 Å². The first-order valence-corrected chi connectivity index (χ1v) is 4.45. The van der Waals surface area contributed by atoms with E-state index in [4.69, 9.17) is 4.42 Å². The van der Waals surface area contributed by atoms with E-state index in [0.717, 1.165) is 0 Å². The highest BCUT2D eigenvalue weighted by atomic mass is 16.3. The molecule has 3 heterocycles. The summed E-state index contributed by atoms with van der Waals surface area (Å²) >= 11 is 0. The van der Waals surface area contributed by atoms with Crippen molar-refractivity contribution in [1.82, 2.24) is 14.6 Å². The molecule has 5 heteroatoms. The fraction of sp³-hybridized carbons (Fsp3) is 0. The van der Waals surface area contributed by atoms with E-state index in [-0.39, 0.29) is 5.56 Å². The van der Waals surface area contributed by atoms with Gasteiger partial charge in [0.1, 0.15) is 11.2 Å². The van der Waals surface area contributed by atoms with Crippen LogP contribution in [0.15, 0.2) is 46.1 Å². The molecule has 15 heavy (non-hydrogen) atoms. The van der Waals surface area contributed by atoms with Crippen LogP contribution in [0.2, 0.25) is 0 Å². The Hall–Kier alpha value is -2.30. The molecule has 0 fully saturated rings. The number of H-pyrrole nitrogens is 1. The molecule has 0 saturated heterocycles. The number of nitrogens with zero attached hydrogens (tertiary/aromatic N) is 2. The molecule has 0 aromatic carbocycles.